The SMILES string of the molecule is c1ccc(-n2c3ccccc3c3ccc(-n4c5ccccc5c5c(N(c6cccc7c6-c6ccccc6C76c7ccccc7-c7ccccc76)c6cccc7c6c6ccccc6n7-c6ccccc6)cccc54)cc32)cc1. The Hall–Kier alpha value is -10.2. The summed E-state index contributed by atoms with van der Waals surface area (Å²) in [4.78, 5) is 2.63. The molecule has 15 aromatic rings. The molecule has 1 spiro atoms. The molecule has 77 heavy (non-hydrogen) atoms. The van der Waals surface area contributed by atoms with Gasteiger partial charge in [-0.3, -0.25) is 0 Å². The number of fused-ring (bicyclic) bond motifs is 19. The first-order valence-corrected chi connectivity index (χ1v) is 26.7. The summed E-state index contributed by atoms with van der Waals surface area (Å²) in [7, 11) is 0. The van der Waals surface area contributed by atoms with Crippen LogP contribution >= 0.6 is 0 Å². The summed E-state index contributed by atoms with van der Waals surface area (Å²) in [5.74, 6) is 0. The third kappa shape index (κ3) is 5.60. The van der Waals surface area contributed by atoms with Crippen molar-refractivity contribution in [3.05, 3.63) is 301 Å². The van der Waals surface area contributed by atoms with Crippen LogP contribution in [-0.4, -0.2) is 13.7 Å². The number of rotatable bonds is 6. The molecule has 0 saturated heterocycles. The van der Waals surface area contributed by atoms with E-state index >= 15 is 0 Å². The predicted molar refractivity (Wildman–Crippen MR) is 320 cm³/mol. The van der Waals surface area contributed by atoms with Crippen LogP contribution in [0.5, 0.6) is 0 Å². The Balaban J connectivity index is 0.998. The van der Waals surface area contributed by atoms with E-state index in [0.717, 1.165) is 50.7 Å². The van der Waals surface area contributed by atoms with Gasteiger partial charge in [0.2, 0.25) is 0 Å². The monoisotopic (exact) mass is 978 g/mol. The van der Waals surface area contributed by atoms with E-state index in [1.54, 1.807) is 0 Å². The van der Waals surface area contributed by atoms with Gasteiger partial charge in [-0.05, 0) is 124 Å². The molecule has 358 valence electrons. The molecule has 4 nitrogen and oxygen atoms in total. The van der Waals surface area contributed by atoms with Crippen LogP contribution < -0.4 is 4.90 Å². The van der Waals surface area contributed by atoms with Crippen LogP contribution in [0, 0.1) is 0 Å². The highest BCUT2D eigenvalue weighted by Gasteiger charge is 2.52. The topological polar surface area (TPSA) is 18.0 Å². The van der Waals surface area contributed by atoms with E-state index in [2.05, 4.69) is 298 Å². The average molecular weight is 979 g/mol. The van der Waals surface area contributed by atoms with Crippen LogP contribution in [0.25, 0.3) is 105 Å². The van der Waals surface area contributed by atoms with Gasteiger partial charge in [-0.1, -0.05) is 194 Å². The van der Waals surface area contributed by atoms with E-state index in [0.29, 0.717) is 0 Å². The van der Waals surface area contributed by atoms with Crippen molar-refractivity contribution in [2.24, 2.45) is 0 Å². The number of hydrogen-bond donors (Lipinski definition) is 0. The van der Waals surface area contributed by atoms with Gasteiger partial charge in [0.15, 0.2) is 0 Å². The van der Waals surface area contributed by atoms with Gasteiger partial charge < -0.3 is 18.6 Å². The molecular weight excluding hydrogens is 933 g/mol. The first-order valence-electron chi connectivity index (χ1n) is 26.7. The van der Waals surface area contributed by atoms with E-state index < -0.39 is 5.41 Å². The molecule has 0 unspecified atom stereocenters. The zero-order valence-corrected chi connectivity index (χ0v) is 41.8. The molecule has 0 N–H and O–H groups in total. The second-order valence-corrected chi connectivity index (χ2v) is 20.7. The number of benzene rings is 12. The lowest BCUT2D eigenvalue weighted by atomic mass is 9.70. The van der Waals surface area contributed by atoms with E-state index in [-0.39, 0.29) is 0 Å². The normalized spacial score (nSPS) is 13.0. The fourth-order valence-corrected chi connectivity index (χ4v) is 14.2. The highest BCUT2D eigenvalue weighted by Crippen LogP contribution is 2.65. The summed E-state index contributed by atoms with van der Waals surface area (Å²) in [6, 6.07) is 104. The smallest absolute Gasteiger partial charge is 0.0726 e. The minimum absolute atomic E-state index is 0.515. The zero-order valence-electron chi connectivity index (χ0n) is 41.8. The highest BCUT2D eigenvalue weighted by molar-refractivity contribution is 6.22. The Labute approximate surface area is 444 Å². The quantitative estimate of drug-likeness (QED) is 0.162. The molecule has 0 saturated carbocycles. The number of aromatic nitrogens is 3. The van der Waals surface area contributed by atoms with Crippen molar-refractivity contribution in [3.8, 4) is 39.3 Å². The highest BCUT2D eigenvalue weighted by atomic mass is 15.2. The summed E-state index contributed by atoms with van der Waals surface area (Å²) < 4.78 is 7.35. The molecule has 3 heterocycles. The van der Waals surface area contributed by atoms with Crippen molar-refractivity contribution in [2.75, 3.05) is 4.90 Å². The minimum Gasteiger partial charge on any atom is -0.309 e. The van der Waals surface area contributed by atoms with Crippen molar-refractivity contribution < 1.29 is 0 Å². The van der Waals surface area contributed by atoms with Crippen molar-refractivity contribution in [1.29, 1.82) is 0 Å². The standard InChI is InChI=1S/C73H46N4/c1-3-22-47(23-4-1)74-62-37-17-11-30-55(62)71-65(74)40-20-42-67(71)77(64-39-19-35-60-70(64)54-29-9-15-34-59(54)73(60)57-32-13-7-26-50(57)51-27-8-14-33-58(51)73)68-43-21-41-66-72(68)56-31-12-18-38-63(56)76(66)49-44-45-53-52-28-10-16-36-61(52)75(69(53)46-49)48-24-5-2-6-25-48/h1-46H. The molecule has 17 rings (SSSR count). The van der Waals surface area contributed by atoms with Crippen LogP contribution in [0.2, 0.25) is 0 Å². The molecule has 2 aliphatic carbocycles. The van der Waals surface area contributed by atoms with Gasteiger partial charge in [-0.25, -0.2) is 0 Å². The predicted octanol–water partition coefficient (Wildman–Crippen LogP) is 18.8. The number of anilines is 3. The Morgan fingerprint density at radius 3 is 1.22 bits per heavy atom. The van der Waals surface area contributed by atoms with Crippen LogP contribution in [0.1, 0.15) is 22.3 Å². The fraction of sp³-hybridized carbons (Fsp3) is 0.0137. The van der Waals surface area contributed by atoms with E-state index in [1.807, 2.05) is 0 Å². The molecule has 0 amide bonds. The summed E-state index contributed by atoms with van der Waals surface area (Å²) in [6.07, 6.45) is 0. The minimum atomic E-state index is -0.515. The molecule has 12 aromatic carbocycles. The van der Waals surface area contributed by atoms with Crippen molar-refractivity contribution in [3.63, 3.8) is 0 Å². The van der Waals surface area contributed by atoms with Gasteiger partial charge in [0.1, 0.15) is 0 Å². The average Bonchev–Trinajstić information content (AvgIpc) is 4.43. The van der Waals surface area contributed by atoms with Crippen LogP contribution in [-0.2, 0) is 5.41 Å². The Morgan fingerprint density at radius 1 is 0.247 bits per heavy atom. The number of hydrogen-bond acceptors (Lipinski definition) is 1. The Morgan fingerprint density at radius 2 is 0.636 bits per heavy atom. The van der Waals surface area contributed by atoms with Gasteiger partial charge in [0.05, 0.1) is 55.6 Å². The van der Waals surface area contributed by atoms with Crippen LogP contribution in [0.3, 0.4) is 0 Å². The number of para-hydroxylation sites is 5. The lowest BCUT2D eigenvalue weighted by Gasteiger charge is -2.32. The molecule has 3 aromatic heterocycles. The summed E-state index contributed by atoms with van der Waals surface area (Å²) in [6.45, 7) is 0. The summed E-state index contributed by atoms with van der Waals surface area (Å²) in [5.41, 5.74) is 23.6. The molecule has 0 radical (unpaired) electrons. The largest absolute Gasteiger partial charge is 0.309 e. The molecular formula is C73H46N4. The van der Waals surface area contributed by atoms with Crippen molar-refractivity contribution in [2.45, 2.75) is 5.41 Å². The van der Waals surface area contributed by atoms with Crippen molar-refractivity contribution in [1.82, 2.24) is 13.7 Å². The second kappa shape index (κ2) is 15.9. The zero-order chi connectivity index (χ0) is 50.3. The first-order chi connectivity index (χ1) is 38.3. The Kier molecular flexibility index (Phi) is 8.73. The third-order valence-corrected chi connectivity index (χ3v) is 17.0. The maximum atomic E-state index is 2.63. The van der Waals surface area contributed by atoms with E-state index in [9.17, 15) is 0 Å². The lowest BCUT2D eigenvalue weighted by Crippen LogP contribution is -2.26. The molecule has 2 aliphatic rings. The number of nitrogens with zero attached hydrogens (tertiary/aromatic N) is 4. The van der Waals surface area contributed by atoms with Gasteiger partial charge in [-0.15, -0.1) is 0 Å². The van der Waals surface area contributed by atoms with Gasteiger partial charge in [0.25, 0.3) is 0 Å². The molecule has 0 fully saturated rings. The summed E-state index contributed by atoms with van der Waals surface area (Å²) in [5, 5.41) is 7.24. The van der Waals surface area contributed by atoms with E-state index in [1.165, 1.54) is 93.4 Å². The van der Waals surface area contributed by atoms with Gasteiger partial charge in [0, 0.05) is 54.9 Å². The van der Waals surface area contributed by atoms with Gasteiger partial charge >= 0.3 is 0 Å². The molecule has 0 aliphatic heterocycles. The maximum absolute atomic E-state index is 2.63. The third-order valence-electron chi connectivity index (χ3n) is 17.0. The molecule has 0 bridgehead atoms. The van der Waals surface area contributed by atoms with E-state index in [4.69, 9.17) is 0 Å². The molecule has 4 heteroatoms. The molecule has 0 atom stereocenters. The van der Waals surface area contributed by atoms with Crippen LogP contribution in [0.15, 0.2) is 279 Å². The fourth-order valence-electron chi connectivity index (χ4n) is 14.2. The van der Waals surface area contributed by atoms with Gasteiger partial charge in [-0.2, -0.15) is 0 Å². The maximum Gasteiger partial charge on any atom is 0.0726 e. The lowest BCUT2D eigenvalue weighted by molar-refractivity contribution is 0.794. The van der Waals surface area contributed by atoms with Crippen LogP contribution in [0.4, 0.5) is 17.1 Å². The first kappa shape index (κ1) is 42.2. The summed E-state index contributed by atoms with van der Waals surface area (Å²) >= 11 is 0. The Bertz CT molecular complexity index is 4890. The second-order valence-electron chi connectivity index (χ2n) is 20.7. The van der Waals surface area contributed by atoms with Crippen molar-refractivity contribution >= 4 is 82.5 Å².